The average molecular weight is 315 g/mol. The summed E-state index contributed by atoms with van der Waals surface area (Å²) in [6, 6.07) is 12.1. The van der Waals surface area contributed by atoms with Crippen molar-refractivity contribution in [1.29, 1.82) is 0 Å². The van der Waals surface area contributed by atoms with E-state index in [0.717, 1.165) is 10.9 Å². The monoisotopic (exact) mass is 315 g/mol. The standard InChI is InChI=1S/C18H15F2NO2/c1-3-23-17(22)18(19,20)16-13-7-5-4-6-12(13)14-10-11(2)8-9-15(14)21-16/h4-10H,3H2,1-2H3. The van der Waals surface area contributed by atoms with Gasteiger partial charge in [0.1, 0.15) is 5.69 Å². The van der Waals surface area contributed by atoms with Gasteiger partial charge in [-0.3, -0.25) is 0 Å². The van der Waals surface area contributed by atoms with E-state index >= 15 is 0 Å². The summed E-state index contributed by atoms with van der Waals surface area (Å²) in [5, 5.41) is 1.67. The molecule has 0 amide bonds. The molecule has 1 heterocycles. The fourth-order valence-electron chi connectivity index (χ4n) is 2.63. The van der Waals surface area contributed by atoms with Gasteiger partial charge in [0.2, 0.25) is 0 Å². The summed E-state index contributed by atoms with van der Waals surface area (Å²) < 4.78 is 33.6. The van der Waals surface area contributed by atoms with Crippen LogP contribution in [-0.2, 0) is 15.5 Å². The van der Waals surface area contributed by atoms with E-state index in [-0.39, 0.29) is 12.0 Å². The van der Waals surface area contributed by atoms with E-state index in [2.05, 4.69) is 9.72 Å². The van der Waals surface area contributed by atoms with Crippen LogP contribution >= 0.6 is 0 Å². The molecule has 0 radical (unpaired) electrons. The zero-order chi connectivity index (χ0) is 16.6. The van der Waals surface area contributed by atoms with Gasteiger partial charge in [-0.2, -0.15) is 8.78 Å². The van der Waals surface area contributed by atoms with Crippen LogP contribution in [0.25, 0.3) is 21.7 Å². The first-order chi connectivity index (χ1) is 10.9. The maximum Gasteiger partial charge on any atom is 0.385 e. The van der Waals surface area contributed by atoms with Crippen molar-refractivity contribution < 1.29 is 18.3 Å². The zero-order valence-corrected chi connectivity index (χ0v) is 12.8. The molecule has 3 aromatic rings. The van der Waals surface area contributed by atoms with Crippen LogP contribution in [0.4, 0.5) is 8.78 Å². The van der Waals surface area contributed by atoms with Gasteiger partial charge >= 0.3 is 11.9 Å². The van der Waals surface area contributed by atoms with Crippen molar-refractivity contribution in [1.82, 2.24) is 4.98 Å². The van der Waals surface area contributed by atoms with Crippen molar-refractivity contribution in [3.05, 3.63) is 53.7 Å². The van der Waals surface area contributed by atoms with Gasteiger partial charge in [-0.05, 0) is 31.4 Å². The summed E-state index contributed by atoms with van der Waals surface area (Å²) in [6.45, 7) is 3.30. The summed E-state index contributed by atoms with van der Waals surface area (Å²) in [5.74, 6) is -5.38. The van der Waals surface area contributed by atoms with Crippen LogP contribution in [0.3, 0.4) is 0 Å². The predicted molar refractivity (Wildman–Crippen MR) is 84.5 cm³/mol. The van der Waals surface area contributed by atoms with E-state index in [4.69, 9.17) is 0 Å². The molecule has 0 saturated carbocycles. The van der Waals surface area contributed by atoms with Gasteiger partial charge < -0.3 is 4.74 Å². The molecule has 0 aliphatic carbocycles. The van der Waals surface area contributed by atoms with Crippen molar-refractivity contribution in [2.24, 2.45) is 0 Å². The number of ether oxygens (including phenoxy) is 1. The molecule has 0 aliphatic heterocycles. The number of alkyl halides is 2. The molecular weight excluding hydrogens is 300 g/mol. The Kier molecular flexibility index (Phi) is 3.72. The predicted octanol–water partition coefficient (Wildman–Crippen LogP) is 4.35. The smallest absolute Gasteiger partial charge is 0.385 e. The second-order valence-electron chi connectivity index (χ2n) is 5.32. The van der Waals surface area contributed by atoms with E-state index in [1.54, 1.807) is 36.4 Å². The molecule has 0 fully saturated rings. The second kappa shape index (κ2) is 5.57. The number of carbonyl (C=O) groups excluding carboxylic acids is 1. The molecule has 0 atom stereocenters. The second-order valence-corrected chi connectivity index (χ2v) is 5.32. The minimum atomic E-state index is -3.80. The molecule has 23 heavy (non-hydrogen) atoms. The van der Waals surface area contributed by atoms with E-state index in [9.17, 15) is 13.6 Å². The fourth-order valence-corrected chi connectivity index (χ4v) is 2.63. The van der Waals surface area contributed by atoms with Crippen LogP contribution in [0.15, 0.2) is 42.5 Å². The number of pyridine rings is 1. The van der Waals surface area contributed by atoms with Crippen LogP contribution in [0.5, 0.6) is 0 Å². The number of hydrogen-bond donors (Lipinski definition) is 0. The van der Waals surface area contributed by atoms with Gasteiger partial charge in [-0.15, -0.1) is 0 Å². The topological polar surface area (TPSA) is 39.2 Å². The highest BCUT2D eigenvalue weighted by Crippen LogP contribution is 2.36. The lowest BCUT2D eigenvalue weighted by Crippen LogP contribution is -2.29. The molecule has 0 N–H and O–H groups in total. The van der Waals surface area contributed by atoms with Gasteiger partial charge in [-0.25, -0.2) is 9.78 Å². The number of nitrogens with zero attached hydrogens (tertiary/aromatic N) is 1. The molecule has 2 aromatic carbocycles. The Labute approximate surface area is 131 Å². The lowest BCUT2D eigenvalue weighted by atomic mass is 10.00. The number of rotatable bonds is 3. The van der Waals surface area contributed by atoms with Crippen LogP contribution < -0.4 is 0 Å². The number of hydrogen-bond acceptors (Lipinski definition) is 3. The number of aryl methyl sites for hydroxylation is 1. The number of esters is 1. The van der Waals surface area contributed by atoms with E-state index in [0.29, 0.717) is 10.9 Å². The van der Waals surface area contributed by atoms with Crippen molar-refractivity contribution in [2.45, 2.75) is 19.8 Å². The maximum atomic E-state index is 14.5. The highest BCUT2D eigenvalue weighted by atomic mass is 19.3. The normalized spacial score (nSPS) is 11.8. The Balaban J connectivity index is 2.36. The molecule has 0 aliphatic rings. The van der Waals surface area contributed by atoms with Crippen molar-refractivity contribution >= 4 is 27.6 Å². The Morgan fingerprint density at radius 1 is 1.13 bits per heavy atom. The van der Waals surface area contributed by atoms with Crippen molar-refractivity contribution in [3.63, 3.8) is 0 Å². The van der Waals surface area contributed by atoms with Gasteiger partial charge in [0.25, 0.3) is 0 Å². The lowest BCUT2D eigenvalue weighted by molar-refractivity contribution is -0.173. The third-order valence-corrected chi connectivity index (χ3v) is 3.69. The van der Waals surface area contributed by atoms with E-state index < -0.39 is 17.6 Å². The first kappa shape index (κ1) is 15.3. The number of halogens is 2. The molecule has 118 valence electrons. The number of benzene rings is 2. The summed E-state index contributed by atoms with van der Waals surface area (Å²) in [5.41, 5.74) is 0.866. The Hall–Kier alpha value is -2.56. The highest BCUT2D eigenvalue weighted by Gasteiger charge is 2.45. The van der Waals surface area contributed by atoms with Gasteiger partial charge in [0, 0.05) is 10.8 Å². The summed E-state index contributed by atoms with van der Waals surface area (Å²) in [7, 11) is 0. The summed E-state index contributed by atoms with van der Waals surface area (Å²) >= 11 is 0. The Morgan fingerprint density at radius 3 is 2.52 bits per heavy atom. The van der Waals surface area contributed by atoms with Crippen molar-refractivity contribution in [3.8, 4) is 0 Å². The van der Waals surface area contributed by atoms with Crippen LogP contribution in [0.2, 0.25) is 0 Å². The number of carbonyl (C=O) groups is 1. The third kappa shape index (κ3) is 2.52. The SMILES string of the molecule is CCOC(=O)C(F)(F)c1nc2ccc(C)cc2c2ccccc12. The fraction of sp³-hybridized carbons (Fsp3) is 0.222. The van der Waals surface area contributed by atoms with Gasteiger partial charge in [-0.1, -0.05) is 35.9 Å². The van der Waals surface area contributed by atoms with Gasteiger partial charge in [0.05, 0.1) is 12.1 Å². The first-order valence-electron chi connectivity index (χ1n) is 7.29. The minimum Gasteiger partial charge on any atom is -0.461 e. The lowest BCUT2D eigenvalue weighted by Gasteiger charge is -2.17. The number of aromatic nitrogens is 1. The molecule has 3 rings (SSSR count). The quantitative estimate of drug-likeness (QED) is 0.533. The zero-order valence-electron chi connectivity index (χ0n) is 12.8. The Morgan fingerprint density at radius 2 is 1.83 bits per heavy atom. The largest absolute Gasteiger partial charge is 0.461 e. The molecule has 0 unspecified atom stereocenters. The molecule has 0 saturated heterocycles. The average Bonchev–Trinajstić information content (AvgIpc) is 2.54. The molecule has 0 spiro atoms. The van der Waals surface area contributed by atoms with Crippen molar-refractivity contribution in [2.75, 3.05) is 6.61 Å². The van der Waals surface area contributed by atoms with Crippen LogP contribution in [0, 0.1) is 6.92 Å². The number of fused-ring (bicyclic) bond motifs is 3. The molecule has 3 nitrogen and oxygen atoms in total. The van der Waals surface area contributed by atoms with Crippen LogP contribution in [-0.4, -0.2) is 17.6 Å². The molecule has 5 heteroatoms. The van der Waals surface area contributed by atoms with Crippen LogP contribution in [0.1, 0.15) is 18.2 Å². The summed E-state index contributed by atoms with van der Waals surface area (Å²) in [6.07, 6.45) is 0. The van der Waals surface area contributed by atoms with E-state index in [1.807, 2.05) is 13.0 Å². The highest BCUT2D eigenvalue weighted by molar-refractivity contribution is 6.08. The maximum absolute atomic E-state index is 14.5. The Bertz CT molecular complexity index is 906. The van der Waals surface area contributed by atoms with Gasteiger partial charge in [0.15, 0.2) is 0 Å². The third-order valence-electron chi connectivity index (χ3n) is 3.69. The summed E-state index contributed by atoms with van der Waals surface area (Å²) in [4.78, 5) is 15.8. The minimum absolute atomic E-state index is 0.112. The molecule has 1 aromatic heterocycles. The first-order valence-corrected chi connectivity index (χ1v) is 7.29. The van der Waals surface area contributed by atoms with E-state index in [1.165, 1.54) is 6.92 Å². The molecular formula is C18H15F2NO2. The molecule has 0 bridgehead atoms.